The Morgan fingerprint density at radius 2 is 2.39 bits per heavy atom. The molecule has 1 aliphatic carbocycles. The van der Waals surface area contributed by atoms with Crippen molar-refractivity contribution in [2.45, 2.75) is 24.8 Å². The fourth-order valence-corrected chi connectivity index (χ4v) is 1.92. The predicted octanol–water partition coefficient (Wildman–Crippen LogP) is 2.04. The average molecular weight is 250 g/mol. The Morgan fingerprint density at radius 1 is 1.61 bits per heavy atom. The molecule has 1 fully saturated rings. The summed E-state index contributed by atoms with van der Waals surface area (Å²) in [4.78, 5) is 11.6. The van der Waals surface area contributed by atoms with Crippen molar-refractivity contribution in [2.75, 3.05) is 12.3 Å². The fraction of sp³-hybridized carbons (Fsp3) is 0.385. The number of halogens is 1. The molecule has 1 aromatic rings. The van der Waals surface area contributed by atoms with Crippen molar-refractivity contribution < 1.29 is 13.3 Å². The van der Waals surface area contributed by atoms with Gasteiger partial charge in [0.1, 0.15) is 11.4 Å². The van der Waals surface area contributed by atoms with Crippen molar-refractivity contribution in [1.82, 2.24) is 5.32 Å². The average Bonchev–Trinajstić information content (AvgIpc) is 2.31. The van der Waals surface area contributed by atoms with Gasteiger partial charge in [0.25, 0.3) is 5.91 Å². The van der Waals surface area contributed by atoms with E-state index >= 15 is 0 Å². The minimum Gasteiger partial charge on any atom is -0.367 e. The lowest BCUT2D eigenvalue weighted by atomic mass is 9.78. The van der Waals surface area contributed by atoms with Crippen LogP contribution < -0.4 is 10.6 Å². The number of amides is 1. The summed E-state index contributed by atoms with van der Waals surface area (Å²) in [5.41, 5.74) is -0.634. The van der Waals surface area contributed by atoms with Crippen molar-refractivity contribution in [1.29, 1.82) is 5.26 Å². The van der Waals surface area contributed by atoms with Crippen LogP contribution in [0.4, 0.5) is 10.1 Å². The highest BCUT2D eigenvalue weighted by atomic mass is 19.1. The second kappa shape index (κ2) is 4.65. The van der Waals surface area contributed by atoms with Gasteiger partial charge in [0.2, 0.25) is 0 Å². The lowest BCUT2D eigenvalue weighted by molar-refractivity contribution is 0.0959. The van der Waals surface area contributed by atoms with Crippen LogP contribution in [0, 0.1) is 17.1 Å². The van der Waals surface area contributed by atoms with Crippen molar-refractivity contribution in [3.8, 4) is 6.07 Å². The van der Waals surface area contributed by atoms with E-state index in [2.05, 4.69) is 11.4 Å². The molecule has 1 aromatic carbocycles. The molecule has 0 heterocycles. The zero-order chi connectivity index (χ0) is 15.7. The number of nitriles is 1. The van der Waals surface area contributed by atoms with Crippen LogP contribution in [-0.4, -0.2) is 18.4 Å². The Bertz CT molecular complexity index is 606. The van der Waals surface area contributed by atoms with E-state index in [0.29, 0.717) is 18.5 Å². The number of anilines is 1. The van der Waals surface area contributed by atoms with E-state index in [0.717, 1.165) is 12.5 Å². The number of rotatable bonds is 3. The van der Waals surface area contributed by atoms with Crippen LogP contribution in [0.5, 0.6) is 0 Å². The maximum absolute atomic E-state index is 13.9. The first-order valence-electron chi connectivity index (χ1n) is 7.06. The largest absolute Gasteiger partial charge is 0.367 e. The van der Waals surface area contributed by atoms with Crippen LogP contribution in [0.2, 0.25) is 0 Å². The molecule has 1 aliphatic rings. The summed E-state index contributed by atoms with van der Waals surface area (Å²) in [6.45, 7) is -2.67. The van der Waals surface area contributed by atoms with E-state index in [1.165, 1.54) is 12.1 Å². The van der Waals surface area contributed by atoms with Crippen molar-refractivity contribution in [3.05, 3.63) is 29.6 Å². The predicted molar refractivity (Wildman–Crippen MR) is 65.6 cm³/mol. The second-order valence-electron chi connectivity index (χ2n) is 4.32. The third-order valence-corrected chi connectivity index (χ3v) is 3.13. The molecular formula is C13H14FN3O. The van der Waals surface area contributed by atoms with Crippen LogP contribution in [0.25, 0.3) is 0 Å². The smallest absolute Gasteiger partial charge is 0.253 e. The molecular weight excluding hydrogens is 233 g/mol. The van der Waals surface area contributed by atoms with Crippen LogP contribution in [0.3, 0.4) is 0 Å². The van der Waals surface area contributed by atoms with E-state index in [1.54, 1.807) is 5.32 Å². The number of nitrogens with zero attached hydrogens (tertiary/aromatic N) is 1. The van der Waals surface area contributed by atoms with Gasteiger partial charge in [-0.15, -0.1) is 0 Å². The second-order valence-corrected chi connectivity index (χ2v) is 4.32. The van der Waals surface area contributed by atoms with E-state index in [-0.39, 0.29) is 5.56 Å². The molecule has 0 bridgehead atoms. The molecule has 2 rings (SSSR count). The highest BCUT2D eigenvalue weighted by molar-refractivity contribution is 5.94. The van der Waals surface area contributed by atoms with Gasteiger partial charge in [-0.3, -0.25) is 4.79 Å². The Morgan fingerprint density at radius 3 is 2.89 bits per heavy atom. The minimum atomic E-state index is -2.67. The van der Waals surface area contributed by atoms with Crippen molar-refractivity contribution in [3.63, 3.8) is 0 Å². The molecule has 18 heavy (non-hydrogen) atoms. The van der Waals surface area contributed by atoms with Gasteiger partial charge in [-0.05, 0) is 37.5 Å². The molecule has 0 saturated heterocycles. The van der Waals surface area contributed by atoms with Gasteiger partial charge in [0.05, 0.1) is 11.6 Å². The summed E-state index contributed by atoms with van der Waals surface area (Å²) in [5, 5.41) is 13.8. The fourth-order valence-electron chi connectivity index (χ4n) is 1.92. The van der Waals surface area contributed by atoms with Crippen LogP contribution >= 0.6 is 0 Å². The first-order valence-corrected chi connectivity index (χ1v) is 5.56. The standard InChI is InChI=1S/C13H14FN3O/c1-16-12(18)10-4-3-9(7-11(10)14)17-13(8-15)5-2-6-13/h3-4,7,17H,2,5-6H2,1H3,(H,16,18)/i1D3. The molecule has 0 spiro atoms. The van der Waals surface area contributed by atoms with Gasteiger partial charge in [-0.2, -0.15) is 5.26 Å². The normalized spacial score (nSPS) is 19.4. The summed E-state index contributed by atoms with van der Waals surface area (Å²) in [6.07, 6.45) is 2.31. The van der Waals surface area contributed by atoms with Gasteiger partial charge in [0, 0.05) is 16.8 Å². The number of benzene rings is 1. The van der Waals surface area contributed by atoms with Gasteiger partial charge in [-0.1, -0.05) is 0 Å². The summed E-state index contributed by atoms with van der Waals surface area (Å²) in [5.74, 6) is -1.84. The number of carbonyl (C=O) groups is 1. The third kappa shape index (κ3) is 2.14. The molecule has 5 heteroatoms. The SMILES string of the molecule is [2H]C([2H])([2H])NC(=O)c1ccc(NC2(C#N)CCC2)cc1F. The van der Waals surface area contributed by atoms with E-state index < -0.39 is 24.2 Å². The monoisotopic (exact) mass is 250 g/mol. The van der Waals surface area contributed by atoms with Crippen molar-refractivity contribution in [2.24, 2.45) is 0 Å². The highest BCUT2D eigenvalue weighted by Crippen LogP contribution is 2.34. The van der Waals surface area contributed by atoms with E-state index in [4.69, 9.17) is 9.37 Å². The molecule has 94 valence electrons. The molecule has 0 aromatic heterocycles. The van der Waals surface area contributed by atoms with Crippen LogP contribution in [-0.2, 0) is 0 Å². The van der Waals surface area contributed by atoms with Crippen molar-refractivity contribution >= 4 is 11.6 Å². The molecule has 1 amide bonds. The van der Waals surface area contributed by atoms with Gasteiger partial charge in [-0.25, -0.2) is 4.39 Å². The third-order valence-electron chi connectivity index (χ3n) is 3.13. The number of hydrogen-bond donors (Lipinski definition) is 2. The summed E-state index contributed by atoms with van der Waals surface area (Å²) in [6, 6.07) is 5.90. The van der Waals surface area contributed by atoms with E-state index in [9.17, 15) is 9.18 Å². The quantitative estimate of drug-likeness (QED) is 0.862. The first-order chi connectivity index (χ1) is 9.75. The Hall–Kier alpha value is -2.09. The number of nitrogens with one attached hydrogen (secondary N) is 2. The van der Waals surface area contributed by atoms with E-state index in [1.807, 2.05) is 0 Å². The maximum atomic E-state index is 13.9. The summed E-state index contributed by atoms with van der Waals surface area (Å²) < 4.78 is 34.7. The van der Waals surface area contributed by atoms with Gasteiger partial charge in [0.15, 0.2) is 0 Å². The summed E-state index contributed by atoms with van der Waals surface area (Å²) in [7, 11) is 0. The van der Waals surface area contributed by atoms with Crippen LogP contribution in [0.1, 0.15) is 33.7 Å². The highest BCUT2D eigenvalue weighted by Gasteiger charge is 2.37. The zero-order valence-electron chi connectivity index (χ0n) is 12.6. The summed E-state index contributed by atoms with van der Waals surface area (Å²) >= 11 is 0. The lowest BCUT2D eigenvalue weighted by Gasteiger charge is -2.36. The minimum absolute atomic E-state index is 0.351. The first kappa shape index (κ1) is 8.92. The molecule has 2 N–H and O–H groups in total. The number of carbonyl (C=O) groups excluding carboxylic acids is 1. The zero-order valence-corrected chi connectivity index (χ0v) is 9.59. The molecule has 1 saturated carbocycles. The maximum Gasteiger partial charge on any atom is 0.253 e. The number of hydrogen-bond acceptors (Lipinski definition) is 3. The molecule has 0 aliphatic heterocycles. The lowest BCUT2D eigenvalue weighted by Crippen LogP contribution is -2.43. The Balaban J connectivity index is 2.14. The van der Waals surface area contributed by atoms with Crippen LogP contribution in [0.15, 0.2) is 18.2 Å². The molecule has 0 radical (unpaired) electrons. The topological polar surface area (TPSA) is 64.9 Å². The molecule has 4 nitrogen and oxygen atoms in total. The Kier molecular flexibility index (Phi) is 2.30. The molecule has 0 unspecified atom stereocenters. The van der Waals surface area contributed by atoms with Gasteiger partial charge < -0.3 is 10.6 Å². The Labute approximate surface area is 109 Å². The molecule has 0 atom stereocenters. The van der Waals surface area contributed by atoms with Gasteiger partial charge >= 0.3 is 0 Å².